The maximum atomic E-state index is 13.1. The van der Waals surface area contributed by atoms with Crippen LogP contribution >= 0.6 is 0 Å². The Hall–Kier alpha value is -3.14. The third kappa shape index (κ3) is 4.14. The van der Waals surface area contributed by atoms with Crippen molar-refractivity contribution in [2.45, 2.75) is 57.7 Å². The number of carbonyl (C=O) groups is 1. The Morgan fingerprint density at radius 1 is 1.28 bits per heavy atom. The Balaban J connectivity index is 1.39. The maximum absolute atomic E-state index is 13.1. The third-order valence-electron chi connectivity index (χ3n) is 6.28. The molecule has 1 amide bonds. The minimum Gasteiger partial charge on any atom is -0.350 e. The van der Waals surface area contributed by atoms with Crippen LogP contribution in [0.2, 0.25) is 0 Å². The SMILES string of the molecule is CC(C)n1cnc(Nc2nc(N3CCC[C@H]3C(=O)N[C@@H]3CCCNC3)nn3cccc23)c1. The van der Waals surface area contributed by atoms with Gasteiger partial charge in [-0.05, 0) is 58.2 Å². The topological polar surface area (TPSA) is 104 Å². The molecule has 170 valence electrons. The zero-order chi connectivity index (χ0) is 22.1. The molecule has 3 N–H and O–H groups in total. The largest absolute Gasteiger partial charge is 0.350 e. The molecule has 2 atom stereocenters. The van der Waals surface area contributed by atoms with E-state index in [-0.39, 0.29) is 18.0 Å². The fourth-order valence-corrected chi connectivity index (χ4v) is 4.49. The van der Waals surface area contributed by atoms with Crippen LogP contribution in [0, 0.1) is 0 Å². The highest BCUT2D eigenvalue weighted by atomic mass is 16.2. The van der Waals surface area contributed by atoms with Crippen LogP contribution in [0.15, 0.2) is 30.9 Å². The molecule has 5 rings (SSSR count). The fraction of sp³-hybridized carbons (Fsp3) is 0.545. The minimum absolute atomic E-state index is 0.0672. The molecular formula is C22H31N9O. The van der Waals surface area contributed by atoms with Crippen LogP contribution in [0.4, 0.5) is 17.6 Å². The molecule has 0 radical (unpaired) electrons. The van der Waals surface area contributed by atoms with Crippen LogP contribution in [0.25, 0.3) is 5.52 Å². The van der Waals surface area contributed by atoms with E-state index in [2.05, 4.69) is 34.8 Å². The van der Waals surface area contributed by atoms with E-state index in [4.69, 9.17) is 10.1 Å². The number of hydrogen-bond donors (Lipinski definition) is 3. The smallest absolute Gasteiger partial charge is 0.246 e. The molecule has 5 heterocycles. The molecule has 3 aromatic rings. The molecule has 0 bridgehead atoms. The van der Waals surface area contributed by atoms with Crippen molar-refractivity contribution in [1.82, 2.24) is 34.8 Å². The predicted octanol–water partition coefficient (Wildman–Crippen LogP) is 2.09. The van der Waals surface area contributed by atoms with Crippen LogP contribution in [-0.2, 0) is 4.79 Å². The number of imidazole rings is 1. The van der Waals surface area contributed by atoms with Crippen LogP contribution in [0.1, 0.15) is 45.6 Å². The van der Waals surface area contributed by atoms with Gasteiger partial charge >= 0.3 is 0 Å². The zero-order valence-electron chi connectivity index (χ0n) is 18.7. The summed E-state index contributed by atoms with van der Waals surface area (Å²) in [4.78, 5) is 24.4. The van der Waals surface area contributed by atoms with E-state index in [9.17, 15) is 4.79 Å². The first-order valence-corrected chi connectivity index (χ1v) is 11.5. The normalized spacial score (nSPS) is 21.4. The fourth-order valence-electron chi connectivity index (χ4n) is 4.49. The molecular weight excluding hydrogens is 406 g/mol. The predicted molar refractivity (Wildman–Crippen MR) is 123 cm³/mol. The van der Waals surface area contributed by atoms with E-state index in [0.717, 1.165) is 56.7 Å². The summed E-state index contributed by atoms with van der Waals surface area (Å²) in [6, 6.07) is 4.18. The molecule has 0 spiro atoms. The number of fused-ring (bicyclic) bond motifs is 1. The molecule has 0 unspecified atom stereocenters. The van der Waals surface area contributed by atoms with Gasteiger partial charge in [-0.1, -0.05) is 0 Å². The molecule has 0 aromatic carbocycles. The van der Waals surface area contributed by atoms with Gasteiger partial charge in [-0.15, -0.1) is 5.10 Å². The van der Waals surface area contributed by atoms with E-state index in [1.807, 2.05) is 44.8 Å². The number of nitrogens with one attached hydrogen (secondary N) is 3. The van der Waals surface area contributed by atoms with Gasteiger partial charge in [-0.25, -0.2) is 9.50 Å². The van der Waals surface area contributed by atoms with Crippen molar-refractivity contribution < 1.29 is 4.79 Å². The van der Waals surface area contributed by atoms with Gasteiger partial charge in [-0.3, -0.25) is 4.79 Å². The highest BCUT2D eigenvalue weighted by Crippen LogP contribution is 2.27. The number of hydrogen-bond acceptors (Lipinski definition) is 7. The van der Waals surface area contributed by atoms with E-state index < -0.39 is 0 Å². The lowest BCUT2D eigenvalue weighted by molar-refractivity contribution is -0.123. The quantitative estimate of drug-likeness (QED) is 0.542. The van der Waals surface area contributed by atoms with Gasteiger partial charge in [0, 0.05) is 37.6 Å². The first-order valence-electron chi connectivity index (χ1n) is 11.5. The molecule has 2 fully saturated rings. The zero-order valence-corrected chi connectivity index (χ0v) is 18.7. The van der Waals surface area contributed by atoms with Crippen molar-refractivity contribution in [3.05, 3.63) is 30.9 Å². The summed E-state index contributed by atoms with van der Waals surface area (Å²) in [6.07, 6.45) is 9.54. The number of aromatic nitrogens is 5. The molecule has 0 saturated carbocycles. The standard InChI is InChI=1S/C22H31N9O/c1-15(2)29-13-19(24-14-29)26-20-17-7-5-11-31(17)28-22(27-20)30-10-4-8-18(30)21(32)25-16-6-3-9-23-12-16/h5,7,11,13-16,18,23H,3-4,6,8-10,12H2,1-2H3,(H,25,32)(H,26,27,28)/t16-,18+/m1/s1. The van der Waals surface area contributed by atoms with E-state index >= 15 is 0 Å². The van der Waals surface area contributed by atoms with Gasteiger partial charge in [0.25, 0.3) is 0 Å². The molecule has 10 heteroatoms. The second-order valence-corrected chi connectivity index (χ2v) is 8.93. The number of piperidine rings is 1. The first kappa shape index (κ1) is 20.7. The monoisotopic (exact) mass is 437 g/mol. The molecule has 2 saturated heterocycles. The van der Waals surface area contributed by atoms with Crippen LogP contribution in [0.3, 0.4) is 0 Å². The molecule has 3 aromatic heterocycles. The van der Waals surface area contributed by atoms with Crippen molar-refractivity contribution in [3.63, 3.8) is 0 Å². The number of nitrogens with zero attached hydrogens (tertiary/aromatic N) is 6. The summed E-state index contributed by atoms with van der Waals surface area (Å²) in [6.45, 7) is 6.84. The summed E-state index contributed by atoms with van der Waals surface area (Å²) in [5.74, 6) is 2.03. The summed E-state index contributed by atoms with van der Waals surface area (Å²) in [5.41, 5.74) is 0.862. The number of rotatable bonds is 6. The Morgan fingerprint density at radius 2 is 2.19 bits per heavy atom. The second kappa shape index (κ2) is 8.78. The lowest BCUT2D eigenvalue weighted by Crippen LogP contribution is -2.51. The summed E-state index contributed by atoms with van der Waals surface area (Å²) >= 11 is 0. The van der Waals surface area contributed by atoms with Crippen molar-refractivity contribution in [3.8, 4) is 0 Å². The molecule has 10 nitrogen and oxygen atoms in total. The lowest BCUT2D eigenvalue weighted by Gasteiger charge is -2.28. The molecule has 2 aliphatic heterocycles. The van der Waals surface area contributed by atoms with Gasteiger partial charge < -0.3 is 25.4 Å². The Morgan fingerprint density at radius 3 is 2.97 bits per heavy atom. The number of anilines is 3. The first-order chi connectivity index (χ1) is 15.6. The molecule has 2 aliphatic rings. The summed E-state index contributed by atoms with van der Waals surface area (Å²) in [7, 11) is 0. The molecule has 0 aliphatic carbocycles. The van der Waals surface area contributed by atoms with Gasteiger partial charge in [0.2, 0.25) is 11.9 Å². The summed E-state index contributed by atoms with van der Waals surface area (Å²) in [5, 5.41) is 14.6. The Kier molecular flexibility index (Phi) is 5.69. The van der Waals surface area contributed by atoms with Gasteiger partial charge in [0.15, 0.2) is 5.82 Å². The van der Waals surface area contributed by atoms with Crippen molar-refractivity contribution in [1.29, 1.82) is 0 Å². The van der Waals surface area contributed by atoms with Crippen molar-refractivity contribution in [2.24, 2.45) is 0 Å². The van der Waals surface area contributed by atoms with Gasteiger partial charge in [-0.2, -0.15) is 4.98 Å². The Bertz CT molecular complexity index is 1080. The number of carbonyl (C=O) groups excluding carboxylic acids is 1. The van der Waals surface area contributed by atoms with Crippen LogP contribution < -0.4 is 20.9 Å². The van der Waals surface area contributed by atoms with Crippen LogP contribution in [-0.4, -0.2) is 61.8 Å². The average molecular weight is 438 g/mol. The lowest BCUT2D eigenvalue weighted by atomic mass is 10.1. The Labute approximate surface area is 187 Å². The van der Waals surface area contributed by atoms with Gasteiger partial charge in [0.05, 0.1) is 6.33 Å². The van der Waals surface area contributed by atoms with Crippen molar-refractivity contribution >= 4 is 29.0 Å². The van der Waals surface area contributed by atoms with Gasteiger partial charge in [0.1, 0.15) is 17.4 Å². The number of amides is 1. The summed E-state index contributed by atoms with van der Waals surface area (Å²) < 4.78 is 3.85. The van der Waals surface area contributed by atoms with E-state index in [1.165, 1.54) is 0 Å². The second-order valence-electron chi connectivity index (χ2n) is 8.93. The van der Waals surface area contributed by atoms with E-state index in [0.29, 0.717) is 17.8 Å². The van der Waals surface area contributed by atoms with E-state index in [1.54, 1.807) is 0 Å². The maximum Gasteiger partial charge on any atom is 0.246 e. The van der Waals surface area contributed by atoms with Crippen molar-refractivity contribution in [2.75, 3.05) is 29.9 Å². The minimum atomic E-state index is -0.252. The highest BCUT2D eigenvalue weighted by molar-refractivity contribution is 5.86. The van der Waals surface area contributed by atoms with Crippen LogP contribution in [0.5, 0.6) is 0 Å². The third-order valence-corrected chi connectivity index (χ3v) is 6.28. The molecule has 32 heavy (non-hydrogen) atoms. The average Bonchev–Trinajstić information content (AvgIpc) is 3.54. The highest BCUT2D eigenvalue weighted by Gasteiger charge is 2.34.